The zero-order valence-electron chi connectivity index (χ0n) is 17.3. The fourth-order valence-electron chi connectivity index (χ4n) is 3.71. The Morgan fingerprint density at radius 3 is 2.70 bits per heavy atom. The first kappa shape index (κ1) is 19.9. The summed E-state index contributed by atoms with van der Waals surface area (Å²) in [7, 11) is 0. The Bertz CT molecular complexity index is 1020. The fourth-order valence-corrected chi connectivity index (χ4v) is 3.71. The highest BCUT2D eigenvalue weighted by atomic mass is 16.5. The van der Waals surface area contributed by atoms with Gasteiger partial charge in [-0.05, 0) is 56.0 Å². The highest BCUT2D eigenvalue weighted by Crippen LogP contribution is 2.31. The highest BCUT2D eigenvalue weighted by molar-refractivity contribution is 5.94. The average Bonchev–Trinajstić information content (AvgIpc) is 2.78. The largest absolute Gasteiger partial charge is 0.436 e. The molecule has 1 aromatic heterocycles. The van der Waals surface area contributed by atoms with Crippen LogP contribution in [0.3, 0.4) is 0 Å². The van der Waals surface area contributed by atoms with Crippen LogP contribution in [0.2, 0.25) is 0 Å². The van der Waals surface area contributed by atoms with Crippen LogP contribution >= 0.6 is 0 Å². The van der Waals surface area contributed by atoms with E-state index in [0.717, 1.165) is 30.6 Å². The molecule has 0 aliphatic carbocycles. The van der Waals surface area contributed by atoms with Crippen LogP contribution in [0.15, 0.2) is 60.9 Å². The lowest BCUT2D eigenvalue weighted by Crippen LogP contribution is -2.41. The van der Waals surface area contributed by atoms with Crippen LogP contribution in [-0.2, 0) is 4.79 Å². The van der Waals surface area contributed by atoms with Crippen LogP contribution in [0.5, 0.6) is 11.6 Å². The average molecular weight is 402 g/mol. The lowest BCUT2D eigenvalue weighted by Gasteiger charge is -2.33. The molecule has 0 saturated carbocycles. The van der Waals surface area contributed by atoms with Gasteiger partial charge in [0.15, 0.2) is 5.82 Å². The van der Waals surface area contributed by atoms with E-state index in [2.05, 4.69) is 33.2 Å². The van der Waals surface area contributed by atoms with Crippen LogP contribution in [0.4, 0.5) is 11.5 Å². The number of carbonyl (C=O) groups is 1. The molecule has 1 amide bonds. The van der Waals surface area contributed by atoms with Crippen molar-refractivity contribution in [2.45, 2.75) is 26.7 Å². The van der Waals surface area contributed by atoms with E-state index in [4.69, 9.17) is 4.74 Å². The molecule has 1 atom stereocenters. The molecular formula is C24H26N4O2. The molecule has 1 N–H and O–H groups in total. The number of nitrogens with zero attached hydrogens (tertiary/aromatic N) is 3. The molecule has 3 aromatic rings. The number of aryl methyl sites for hydroxylation is 1. The minimum absolute atomic E-state index is 0.0443. The zero-order valence-corrected chi connectivity index (χ0v) is 17.3. The Morgan fingerprint density at radius 1 is 1.07 bits per heavy atom. The van der Waals surface area contributed by atoms with Crippen molar-refractivity contribution in [2.24, 2.45) is 5.92 Å². The van der Waals surface area contributed by atoms with Crippen molar-refractivity contribution in [3.05, 3.63) is 72.1 Å². The minimum Gasteiger partial charge on any atom is -0.436 e. The number of anilines is 2. The number of hydrogen-bond donors (Lipinski definition) is 1. The Hall–Kier alpha value is -3.41. The number of ether oxygens (including phenoxy) is 1. The van der Waals surface area contributed by atoms with Crippen LogP contribution in [0.1, 0.15) is 24.0 Å². The standard InChI is InChI=1S/C24H26N4O2/c1-17-8-6-12-21(18(17)2)27-23(29)19-9-7-15-28(16-19)22-24(26-14-13-25-22)30-20-10-4-3-5-11-20/h3-6,8,10-14,19H,7,9,15-16H2,1-2H3,(H,27,29)/t19-/m0/s1. The van der Waals surface area contributed by atoms with Gasteiger partial charge in [-0.15, -0.1) is 0 Å². The van der Waals surface area contributed by atoms with E-state index in [9.17, 15) is 4.79 Å². The quantitative estimate of drug-likeness (QED) is 0.668. The zero-order chi connectivity index (χ0) is 20.9. The monoisotopic (exact) mass is 402 g/mol. The highest BCUT2D eigenvalue weighted by Gasteiger charge is 2.29. The second kappa shape index (κ2) is 8.95. The molecule has 2 aromatic carbocycles. The number of rotatable bonds is 5. The molecule has 2 heterocycles. The normalized spacial score (nSPS) is 16.2. The van der Waals surface area contributed by atoms with Crippen molar-refractivity contribution < 1.29 is 9.53 Å². The molecular weight excluding hydrogens is 376 g/mol. The lowest BCUT2D eigenvalue weighted by molar-refractivity contribution is -0.120. The van der Waals surface area contributed by atoms with Crippen LogP contribution in [0, 0.1) is 19.8 Å². The summed E-state index contributed by atoms with van der Waals surface area (Å²) in [6, 6.07) is 15.5. The molecule has 6 heteroatoms. The number of aromatic nitrogens is 2. The number of hydrogen-bond acceptors (Lipinski definition) is 5. The summed E-state index contributed by atoms with van der Waals surface area (Å²) in [5.74, 6) is 1.76. The van der Waals surface area contributed by atoms with Crippen molar-refractivity contribution >= 4 is 17.4 Å². The van der Waals surface area contributed by atoms with E-state index >= 15 is 0 Å². The predicted molar refractivity (Wildman–Crippen MR) is 118 cm³/mol. The molecule has 154 valence electrons. The molecule has 1 fully saturated rings. The van der Waals surface area contributed by atoms with Gasteiger partial charge >= 0.3 is 0 Å². The first-order valence-electron chi connectivity index (χ1n) is 10.3. The maximum Gasteiger partial charge on any atom is 0.263 e. The lowest BCUT2D eigenvalue weighted by atomic mass is 9.96. The molecule has 0 bridgehead atoms. The van der Waals surface area contributed by atoms with Crippen molar-refractivity contribution in [1.82, 2.24) is 9.97 Å². The molecule has 1 saturated heterocycles. The third-order valence-electron chi connectivity index (χ3n) is 5.56. The number of nitrogens with one attached hydrogen (secondary N) is 1. The minimum atomic E-state index is -0.120. The fraction of sp³-hybridized carbons (Fsp3) is 0.292. The first-order chi connectivity index (χ1) is 14.6. The topological polar surface area (TPSA) is 67.4 Å². The van der Waals surface area contributed by atoms with Gasteiger partial charge in [0, 0.05) is 31.2 Å². The van der Waals surface area contributed by atoms with Crippen LogP contribution in [0.25, 0.3) is 0 Å². The maximum absolute atomic E-state index is 13.0. The summed E-state index contributed by atoms with van der Waals surface area (Å²) in [6.45, 7) is 5.48. The first-order valence-corrected chi connectivity index (χ1v) is 10.3. The van der Waals surface area contributed by atoms with E-state index in [-0.39, 0.29) is 11.8 Å². The Balaban J connectivity index is 1.49. The summed E-state index contributed by atoms with van der Waals surface area (Å²) in [5.41, 5.74) is 3.15. The summed E-state index contributed by atoms with van der Waals surface area (Å²) in [4.78, 5) is 24.0. The third kappa shape index (κ3) is 4.43. The number of amides is 1. The molecule has 6 nitrogen and oxygen atoms in total. The van der Waals surface area contributed by atoms with Crippen molar-refractivity contribution in [3.63, 3.8) is 0 Å². The summed E-state index contributed by atoms with van der Waals surface area (Å²) < 4.78 is 5.97. The Morgan fingerprint density at radius 2 is 1.87 bits per heavy atom. The van der Waals surface area contributed by atoms with Gasteiger partial charge in [0.2, 0.25) is 5.91 Å². The van der Waals surface area contributed by atoms with Gasteiger partial charge in [0.25, 0.3) is 5.88 Å². The molecule has 4 rings (SSSR count). The second-order valence-electron chi connectivity index (χ2n) is 7.62. The summed E-state index contributed by atoms with van der Waals surface area (Å²) in [5, 5.41) is 3.11. The number of piperidine rings is 1. The number of carbonyl (C=O) groups excluding carboxylic acids is 1. The van der Waals surface area contributed by atoms with E-state index in [0.29, 0.717) is 24.0 Å². The second-order valence-corrected chi connectivity index (χ2v) is 7.62. The maximum atomic E-state index is 13.0. The summed E-state index contributed by atoms with van der Waals surface area (Å²) in [6.07, 6.45) is 5.04. The van der Waals surface area contributed by atoms with Gasteiger partial charge in [0.1, 0.15) is 5.75 Å². The molecule has 0 radical (unpaired) electrons. The Labute approximate surface area is 176 Å². The molecule has 30 heavy (non-hydrogen) atoms. The molecule has 0 unspecified atom stereocenters. The molecule has 1 aliphatic rings. The van der Waals surface area contributed by atoms with Gasteiger partial charge in [0.05, 0.1) is 5.92 Å². The van der Waals surface area contributed by atoms with E-state index < -0.39 is 0 Å². The summed E-state index contributed by atoms with van der Waals surface area (Å²) >= 11 is 0. The van der Waals surface area contributed by atoms with Gasteiger partial charge in [-0.3, -0.25) is 4.79 Å². The predicted octanol–water partition coefficient (Wildman–Crippen LogP) is 4.74. The van der Waals surface area contributed by atoms with E-state index in [1.54, 1.807) is 12.4 Å². The number of para-hydroxylation sites is 1. The molecule has 0 spiro atoms. The van der Waals surface area contributed by atoms with Crippen LogP contribution in [-0.4, -0.2) is 29.0 Å². The van der Waals surface area contributed by atoms with Gasteiger partial charge in [-0.1, -0.05) is 30.3 Å². The van der Waals surface area contributed by atoms with Gasteiger partial charge < -0.3 is 15.0 Å². The van der Waals surface area contributed by atoms with Gasteiger partial charge in [-0.25, -0.2) is 9.97 Å². The Kier molecular flexibility index (Phi) is 5.93. The molecule has 1 aliphatic heterocycles. The van der Waals surface area contributed by atoms with E-state index in [1.165, 1.54) is 5.56 Å². The third-order valence-corrected chi connectivity index (χ3v) is 5.56. The van der Waals surface area contributed by atoms with Crippen molar-refractivity contribution in [2.75, 3.05) is 23.3 Å². The smallest absolute Gasteiger partial charge is 0.263 e. The van der Waals surface area contributed by atoms with Crippen molar-refractivity contribution in [3.8, 4) is 11.6 Å². The van der Waals surface area contributed by atoms with Crippen molar-refractivity contribution in [1.29, 1.82) is 0 Å². The SMILES string of the molecule is Cc1cccc(NC(=O)[C@H]2CCCN(c3nccnc3Oc3ccccc3)C2)c1C. The van der Waals surface area contributed by atoms with Gasteiger partial charge in [-0.2, -0.15) is 0 Å². The van der Waals surface area contributed by atoms with E-state index in [1.807, 2.05) is 49.4 Å². The van der Waals surface area contributed by atoms with Crippen LogP contribution < -0.4 is 15.0 Å². The number of benzene rings is 2.